The van der Waals surface area contributed by atoms with Gasteiger partial charge in [0.25, 0.3) is 0 Å². The summed E-state index contributed by atoms with van der Waals surface area (Å²) in [6.45, 7) is 0.292. The van der Waals surface area contributed by atoms with Crippen molar-refractivity contribution in [2.45, 2.75) is 4.90 Å². The lowest BCUT2D eigenvalue weighted by atomic mass is 10.3. The van der Waals surface area contributed by atoms with Crippen molar-refractivity contribution < 1.29 is 13.3 Å². The lowest BCUT2D eigenvalue weighted by Gasteiger charge is -2.07. The summed E-state index contributed by atoms with van der Waals surface area (Å²) in [6.07, 6.45) is 0. The van der Waals surface area contributed by atoms with E-state index in [9.17, 15) is 8.60 Å². The second kappa shape index (κ2) is 6.85. The number of hydrogen-bond acceptors (Lipinski definition) is 3. The van der Waals surface area contributed by atoms with E-state index in [0.29, 0.717) is 23.0 Å². The molecule has 1 atom stereocenters. The minimum absolute atomic E-state index is 0.0527. The van der Waals surface area contributed by atoms with Gasteiger partial charge in [0.15, 0.2) is 0 Å². The maximum absolute atomic E-state index is 13.3. The van der Waals surface area contributed by atoms with E-state index in [1.807, 2.05) is 24.3 Å². The fourth-order valence-electron chi connectivity index (χ4n) is 1.53. The average Bonchev–Trinajstić information content (AvgIpc) is 2.44. The lowest BCUT2D eigenvalue weighted by molar-refractivity contribution is 0.342. The smallest absolute Gasteiger partial charge is 0.147 e. The lowest BCUT2D eigenvalue weighted by Crippen LogP contribution is -2.09. The Hall–Kier alpha value is -1.40. The van der Waals surface area contributed by atoms with Crippen LogP contribution in [0.5, 0.6) is 5.75 Å². The molecule has 0 amide bonds. The Labute approximate surface area is 127 Å². The minimum Gasteiger partial charge on any atom is -0.493 e. The third kappa shape index (κ3) is 4.05. The van der Waals surface area contributed by atoms with E-state index in [-0.39, 0.29) is 5.69 Å². The first-order valence-electron chi connectivity index (χ1n) is 5.88. The first-order valence-corrected chi connectivity index (χ1v) is 7.99. The highest BCUT2D eigenvalue weighted by atomic mass is 79.9. The molecule has 20 heavy (non-hydrogen) atoms. The maximum atomic E-state index is 13.3. The number of anilines is 1. The molecule has 0 aliphatic heterocycles. The number of nitrogen functional groups attached to an aromatic ring is 1. The van der Waals surface area contributed by atoms with Gasteiger partial charge in [0.1, 0.15) is 18.2 Å². The molecule has 0 saturated heterocycles. The van der Waals surface area contributed by atoms with Crippen molar-refractivity contribution in [3.8, 4) is 5.75 Å². The van der Waals surface area contributed by atoms with Gasteiger partial charge in [0, 0.05) is 9.37 Å². The average molecular weight is 358 g/mol. The number of hydrogen-bond donors (Lipinski definition) is 1. The summed E-state index contributed by atoms with van der Waals surface area (Å²) < 4.78 is 31.7. The van der Waals surface area contributed by atoms with Crippen molar-refractivity contribution >= 4 is 32.4 Å². The van der Waals surface area contributed by atoms with Crippen molar-refractivity contribution in [3.05, 3.63) is 52.8 Å². The van der Waals surface area contributed by atoms with Crippen LogP contribution in [0.4, 0.5) is 10.1 Å². The minimum atomic E-state index is -1.31. The van der Waals surface area contributed by atoms with Crippen molar-refractivity contribution in [2.75, 3.05) is 18.1 Å². The SMILES string of the molecule is Nc1ccc(S(=O)CCOc2ccc(Br)cc2)cc1F. The van der Waals surface area contributed by atoms with E-state index in [1.165, 1.54) is 12.1 Å². The molecular weight excluding hydrogens is 345 g/mol. The second-order valence-corrected chi connectivity index (χ2v) is 6.52. The Morgan fingerprint density at radius 1 is 1.20 bits per heavy atom. The van der Waals surface area contributed by atoms with Crippen LogP contribution in [0.15, 0.2) is 51.8 Å². The molecule has 0 heterocycles. The molecule has 0 bridgehead atoms. The zero-order valence-electron chi connectivity index (χ0n) is 10.5. The largest absolute Gasteiger partial charge is 0.493 e. The molecule has 0 aliphatic rings. The Morgan fingerprint density at radius 3 is 2.55 bits per heavy atom. The van der Waals surface area contributed by atoms with Gasteiger partial charge in [-0.1, -0.05) is 15.9 Å². The molecule has 0 spiro atoms. The highest BCUT2D eigenvalue weighted by molar-refractivity contribution is 9.10. The maximum Gasteiger partial charge on any atom is 0.147 e. The Bertz CT molecular complexity index is 619. The molecule has 3 nitrogen and oxygen atoms in total. The van der Waals surface area contributed by atoms with Crippen LogP contribution in [-0.2, 0) is 10.8 Å². The predicted molar refractivity (Wildman–Crippen MR) is 81.7 cm³/mol. The number of rotatable bonds is 5. The monoisotopic (exact) mass is 357 g/mol. The van der Waals surface area contributed by atoms with Crippen LogP contribution in [0.3, 0.4) is 0 Å². The van der Waals surface area contributed by atoms with Crippen LogP contribution in [0.25, 0.3) is 0 Å². The van der Waals surface area contributed by atoms with Crippen LogP contribution in [-0.4, -0.2) is 16.6 Å². The quantitative estimate of drug-likeness (QED) is 0.834. The summed E-state index contributed by atoms with van der Waals surface area (Å²) in [4.78, 5) is 0.413. The first kappa shape index (κ1) is 15.0. The van der Waals surface area contributed by atoms with Gasteiger partial charge in [0.2, 0.25) is 0 Å². The molecule has 106 valence electrons. The number of ether oxygens (including phenoxy) is 1. The summed E-state index contributed by atoms with van der Waals surface area (Å²) in [6, 6.07) is 11.5. The Kier molecular flexibility index (Phi) is 5.14. The fraction of sp³-hybridized carbons (Fsp3) is 0.143. The van der Waals surface area contributed by atoms with Crippen LogP contribution >= 0.6 is 15.9 Å². The van der Waals surface area contributed by atoms with E-state index >= 15 is 0 Å². The van der Waals surface area contributed by atoms with Crippen LogP contribution in [0, 0.1) is 5.82 Å². The van der Waals surface area contributed by atoms with Crippen LogP contribution < -0.4 is 10.5 Å². The summed E-state index contributed by atoms with van der Waals surface area (Å²) in [5.41, 5.74) is 5.43. The van der Waals surface area contributed by atoms with E-state index in [2.05, 4.69) is 15.9 Å². The number of benzene rings is 2. The van der Waals surface area contributed by atoms with Gasteiger partial charge in [-0.05, 0) is 42.5 Å². The number of halogens is 2. The van der Waals surface area contributed by atoms with Gasteiger partial charge in [-0.2, -0.15) is 0 Å². The molecule has 2 aromatic rings. The molecule has 2 N–H and O–H groups in total. The summed E-state index contributed by atoms with van der Waals surface area (Å²) in [5.74, 6) is 0.442. The van der Waals surface area contributed by atoms with Crippen LogP contribution in [0.2, 0.25) is 0 Å². The van der Waals surface area contributed by atoms with Gasteiger partial charge in [0.05, 0.1) is 22.2 Å². The predicted octanol–water partition coefficient (Wildman–Crippen LogP) is 3.36. The second-order valence-electron chi connectivity index (χ2n) is 4.04. The van der Waals surface area contributed by atoms with Crippen molar-refractivity contribution in [1.29, 1.82) is 0 Å². The molecule has 2 aromatic carbocycles. The topological polar surface area (TPSA) is 52.3 Å². The fourth-order valence-corrected chi connectivity index (χ4v) is 2.72. The van der Waals surface area contributed by atoms with Gasteiger partial charge in [-0.15, -0.1) is 0 Å². The van der Waals surface area contributed by atoms with Gasteiger partial charge in [-0.3, -0.25) is 4.21 Å². The molecule has 0 saturated carbocycles. The van der Waals surface area contributed by atoms with Gasteiger partial charge in [-0.25, -0.2) is 4.39 Å². The summed E-state index contributed by atoms with van der Waals surface area (Å²) in [7, 11) is -1.31. The van der Waals surface area contributed by atoms with Crippen molar-refractivity contribution in [3.63, 3.8) is 0 Å². The van der Waals surface area contributed by atoms with E-state index in [1.54, 1.807) is 6.07 Å². The molecule has 0 fully saturated rings. The third-order valence-electron chi connectivity index (χ3n) is 2.59. The molecule has 0 aromatic heterocycles. The van der Waals surface area contributed by atoms with Crippen LogP contribution in [0.1, 0.15) is 0 Å². The molecule has 2 rings (SSSR count). The van der Waals surface area contributed by atoms with Crippen molar-refractivity contribution in [2.24, 2.45) is 0 Å². The highest BCUT2D eigenvalue weighted by Crippen LogP contribution is 2.17. The molecule has 1 unspecified atom stereocenters. The Morgan fingerprint density at radius 2 is 1.90 bits per heavy atom. The third-order valence-corrected chi connectivity index (χ3v) is 4.43. The van der Waals surface area contributed by atoms with E-state index in [4.69, 9.17) is 10.5 Å². The molecule has 0 aliphatic carbocycles. The Balaban J connectivity index is 1.88. The van der Waals surface area contributed by atoms with Gasteiger partial charge < -0.3 is 10.5 Å². The zero-order chi connectivity index (χ0) is 14.5. The standard InChI is InChI=1S/C14H13BrFNO2S/c15-10-1-3-11(4-2-10)19-7-8-20(18)12-5-6-14(17)13(16)9-12/h1-6,9H,7-8,17H2. The summed E-state index contributed by atoms with van der Waals surface area (Å²) >= 11 is 3.33. The first-order chi connectivity index (χ1) is 9.56. The number of nitrogens with two attached hydrogens (primary N) is 1. The summed E-state index contributed by atoms with van der Waals surface area (Å²) in [5, 5.41) is 0. The van der Waals surface area contributed by atoms with Crippen molar-refractivity contribution in [1.82, 2.24) is 0 Å². The zero-order valence-corrected chi connectivity index (χ0v) is 12.9. The molecule has 6 heteroatoms. The van der Waals surface area contributed by atoms with Gasteiger partial charge >= 0.3 is 0 Å². The van der Waals surface area contributed by atoms with E-state index < -0.39 is 16.6 Å². The van der Waals surface area contributed by atoms with E-state index in [0.717, 1.165) is 4.47 Å². The normalized spacial score (nSPS) is 12.1. The highest BCUT2D eigenvalue weighted by Gasteiger charge is 2.07. The molecular formula is C14H13BrFNO2S. The molecule has 0 radical (unpaired) electrons.